The zero-order valence-electron chi connectivity index (χ0n) is 57.4. The first-order valence-electron chi connectivity index (χ1n) is 30.0. The number of phenolic OH excluding ortho intramolecular Hbond substituents is 1. The molecule has 9 rings (SSSR count). The number of halogens is 11. The summed E-state index contributed by atoms with van der Waals surface area (Å²) in [7, 11) is -2.76. The topological polar surface area (TPSA) is 519 Å². The number of alkyl halides is 3. The summed E-state index contributed by atoms with van der Waals surface area (Å²) in [6, 6.07) is 35.1. The predicted octanol–water partition coefficient (Wildman–Crippen LogP) is 14.0. The minimum atomic E-state index is -4.59. The molecule has 9 aromatic rings. The summed E-state index contributed by atoms with van der Waals surface area (Å²) < 4.78 is 57.7. The summed E-state index contributed by atoms with van der Waals surface area (Å²) in [5.74, 6) is -8.74. The van der Waals surface area contributed by atoms with E-state index in [0.29, 0.717) is 33.8 Å². The number of amides is 1. The van der Waals surface area contributed by atoms with Crippen molar-refractivity contribution in [3.05, 3.63) is 267 Å². The zero-order valence-corrected chi connectivity index (χ0v) is 66.3. The van der Waals surface area contributed by atoms with Crippen molar-refractivity contribution in [1.29, 1.82) is 0 Å². The van der Waals surface area contributed by atoms with Crippen molar-refractivity contribution >= 4 is 181 Å². The number of methoxy groups -OCH3 is 1. The summed E-state index contributed by atoms with van der Waals surface area (Å²) in [6.07, 6.45) is -4.79. The van der Waals surface area contributed by atoms with Crippen LogP contribution in [0.2, 0.25) is 40.2 Å². The van der Waals surface area contributed by atoms with Gasteiger partial charge in [-0.1, -0.05) is 155 Å². The van der Waals surface area contributed by atoms with Gasteiger partial charge in [-0.2, -0.15) is 13.2 Å². The molecule has 31 nitrogen and oxygen atoms in total. The van der Waals surface area contributed by atoms with E-state index < -0.39 is 111 Å². The number of fused-ring (bicyclic) bond motifs is 1. The smallest absolute Gasteiger partial charge is 0.545 e. The van der Waals surface area contributed by atoms with Crippen LogP contribution in [0.1, 0.15) is 94.7 Å². The van der Waals surface area contributed by atoms with Gasteiger partial charge in [0.05, 0.1) is 117 Å². The Morgan fingerprint density at radius 1 is 0.616 bits per heavy atom. The molecule has 12 N–H and O–H groups in total. The van der Waals surface area contributed by atoms with Crippen LogP contribution in [0.15, 0.2) is 152 Å². The first-order valence-corrected chi connectivity index (χ1v) is 34.9. The van der Waals surface area contributed by atoms with Crippen molar-refractivity contribution in [3.8, 4) is 23.0 Å². The number of aliphatic carboxylic acids is 2. The molecule has 0 aliphatic heterocycles. The number of nitrogens with two attached hydrogens (primary N) is 1. The average Bonchev–Trinajstić information content (AvgIpc) is 0.789. The Morgan fingerprint density at radius 2 is 1.18 bits per heavy atom. The molecule has 1 atom stereocenters. The third-order valence-electron chi connectivity index (χ3n) is 13.8. The fraction of sp³-hybridized carbons (Fsp3) is 0.132. The number of phenols is 1. The maximum Gasteiger partial charge on any atom is 1.00 e. The maximum atomic E-state index is 12.6. The second-order valence-corrected chi connectivity index (χ2v) is 26.3. The van der Waals surface area contributed by atoms with Crippen molar-refractivity contribution in [1.82, 2.24) is 5.32 Å². The summed E-state index contributed by atoms with van der Waals surface area (Å²) in [5.41, 5.74) is 3.27. The number of anilines is 2. The summed E-state index contributed by atoms with van der Waals surface area (Å²) in [5, 5.41) is 104. The van der Waals surface area contributed by atoms with Gasteiger partial charge in [-0.3, -0.25) is 54.6 Å². The number of ether oxygens (including phenoxy) is 2. The van der Waals surface area contributed by atoms with Crippen LogP contribution in [-0.4, -0.2) is 117 Å². The van der Waals surface area contributed by atoms with E-state index in [0.717, 1.165) is 47.2 Å². The molecule has 0 saturated heterocycles. The number of carboxylic acid groups (broad SMARTS) is 6. The van der Waals surface area contributed by atoms with Gasteiger partial charge in [0.2, 0.25) is 0 Å². The van der Waals surface area contributed by atoms with Crippen LogP contribution < -0.4 is 60.5 Å². The van der Waals surface area contributed by atoms with Crippen LogP contribution in [0.3, 0.4) is 0 Å². The van der Waals surface area contributed by atoms with Crippen molar-refractivity contribution in [2.75, 3.05) is 31.0 Å². The minimum absolute atomic E-state index is 0. The molecule has 0 spiro atoms. The number of nitro groups is 3. The average molecular weight is 1750 g/mol. The van der Waals surface area contributed by atoms with Crippen LogP contribution >= 0.6 is 100 Å². The fourth-order valence-corrected chi connectivity index (χ4v) is 10.7. The molecule has 0 fully saturated rings. The normalized spacial score (nSPS) is 10.6. The van der Waals surface area contributed by atoms with E-state index >= 15 is 0 Å². The predicted molar refractivity (Wildman–Crippen MR) is 403 cm³/mol. The Morgan fingerprint density at radius 3 is 1.69 bits per heavy atom. The number of nitrogens with one attached hydrogen (secondary N) is 2. The van der Waals surface area contributed by atoms with E-state index in [1.54, 1.807) is 25.1 Å². The first kappa shape index (κ1) is 98.2. The van der Waals surface area contributed by atoms with Gasteiger partial charge in [0.15, 0.2) is 11.5 Å². The van der Waals surface area contributed by atoms with Gasteiger partial charge in [-0.15, -0.1) is 0 Å². The van der Waals surface area contributed by atoms with E-state index in [-0.39, 0.29) is 128 Å². The first-order chi connectivity index (χ1) is 51.7. The Balaban J connectivity index is 0.000000452. The molecule has 0 radical (unpaired) electrons. The molecule has 0 bridgehead atoms. The second-order valence-electron chi connectivity index (χ2n) is 21.5. The molecule has 590 valence electrons. The van der Waals surface area contributed by atoms with Crippen LogP contribution in [0.5, 0.6) is 23.0 Å². The largest absolute Gasteiger partial charge is 1.00 e. The van der Waals surface area contributed by atoms with Gasteiger partial charge in [0.25, 0.3) is 17.3 Å². The minimum Gasteiger partial charge on any atom is -0.545 e. The molecule has 0 aliphatic carbocycles. The van der Waals surface area contributed by atoms with E-state index in [9.17, 15) is 97.0 Å². The molecule has 9 aromatic carbocycles. The van der Waals surface area contributed by atoms with Gasteiger partial charge < -0.3 is 70.9 Å². The number of benzene rings is 9. The molecule has 0 aliphatic rings. The van der Waals surface area contributed by atoms with Gasteiger partial charge in [0.1, 0.15) is 17.1 Å². The summed E-state index contributed by atoms with van der Waals surface area (Å²) in [4.78, 5) is 122. The number of hydrogen-bond donors (Lipinski definition) is 11. The quantitative estimate of drug-likeness (QED) is 0.00843. The maximum absolute atomic E-state index is 12.6. The fourth-order valence-electron chi connectivity index (χ4n) is 8.53. The molecule has 0 saturated carbocycles. The molecule has 112 heavy (non-hydrogen) atoms. The van der Waals surface area contributed by atoms with Crippen molar-refractivity contribution < 1.29 is 151 Å². The molecular formula is C68H55Cl8F3N6NaO25P. The SMILES string of the molecule is CCC(C)c1cc([N+](=O)[O-])cc([N+](=O)[O-])c1O.COc1c(Cl)ccc(Cl)c1C(=O)O.Nc1cc(Cl)cc(C(=O)O)c1Cl.O=C(O)CNCP(=O)(O)O.O=C(O)Cc1c(Cl)ccc(Cl)c1Cl.O=C(O)c1ccccc1C(=O)Nc1cccc2ccccc12.O=C([O-])c1cc(Oc2ccc(C(F)(F)F)cc2Cl)ccc1[N+](=O)[O-].[Na+]. The Hall–Kier alpha value is -9.85. The number of rotatable bonds is 20. The van der Waals surface area contributed by atoms with Gasteiger partial charge in [-0.25, -0.2) is 14.4 Å². The number of nitro benzene ring substituents is 3. The summed E-state index contributed by atoms with van der Waals surface area (Å²) in [6.45, 7) is 3.13. The van der Waals surface area contributed by atoms with E-state index in [2.05, 4.69) is 10.6 Å². The Bertz CT molecular complexity index is 5050. The van der Waals surface area contributed by atoms with Crippen molar-refractivity contribution in [2.24, 2.45) is 0 Å². The molecule has 0 aromatic heterocycles. The van der Waals surface area contributed by atoms with Crippen LogP contribution in [-0.2, 0) is 26.8 Å². The second kappa shape index (κ2) is 45.6. The number of carbonyl (C=O) groups excluding carboxylic acids is 2. The monoisotopic (exact) mass is 1750 g/mol. The molecule has 0 heterocycles. The number of carbonyl (C=O) groups is 7. The number of non-ortho nitro benzene ring substituents is 1. The van der Waals surface area contributed by atoms with Crippen molar-refractivity contribution in [3.63, 3.8) is 0 Å². The molecular weight excluding hydrogens is 1700 g/mol. The molecule has 1 unspecified atom stereocenters. The van der Waals surface area contributed by atoms with Crippen LogP contribution in [0, 0.1) is 30.3 Å². The summed E-state index contributed by atoms with van der Waals surface area (Å²) >= 11 is 45.4. The number of nitrogen functional groups attached to an aromatic ring is 1. The van der Waals surface area contributed by atoms with Gasteiger partial charge in [0, 0.05) is 44.4 Å². The van der Waals surface area contributed by atoms with E-state index in [1.807, 2.05) is 43.3 Å². The molecule has 1 amide bonds. The third-order valence-corrected chi connectivity index (χ3v) is 17.2. The third kappa shape index (κ3) is 30.7. The van der Waals surface area contributed by atoms with E-state index in [4.69, 9.17) is 138 Å². The van der Waals surface area contributed by atoms with Crippen LogP contribution in [0.25, 0.3) is 10.8 Å². The van der Waals surface area contributed by atoms with E-state index in [1.165, 1.54) is 61.7 Å². The number of aromatic hydroxyl groups is 1. The Labute approximate surface area is 691 Å². The van der Waals surface area contributed by atoms with Gasteiger partial charge in [-0.05, 0) is 103 Å². The number of nitrogens with zero attached hydrogens (tertiary/aromatic N) is 3. The Kier molecular flexibility index (Phi) is 40.0. The van der Waals surface area contributed by atoms with Gasteiger partial charge >= 0.3 is 78.9 Å². The number of carboxylic acids is 6. The number of aromatic carboxylic acids is 4. The number of hydrogen-bond acceptors (Lipinski definition) is 20. The molecule has 44 heteroatoms. The van der Waals surface area contributed by atoms with Crippen molar-refractivity contribution in [2.45, 2.75) is 38.8 Å². The van der Waals surface area contributed by atoms with Crippen LogP contribution in [0.4, 0.5) is 41.6 Å². The standard InChI is InChI=1S/C18H13NO3.C14H7ClF3NO5.C10H12N2O5.C8H5Cl3O2.C8H6Cl2O3.C7H5Cl2NO2.C3H8NO5P.Na/c20-17(14-9-3-4-10-15(14)18(21)22)19-16-11-5-7-12-6-1-2-8-13(12)16;15-10-5-7(14(16,17)18)1-4-12(10)24-8-2-3-11(19(22)23)9(6-8)13(20)21;1-3-6(2)8-4-7(11(14)15)5-9(10(8)13)12(16)17;9-5-1-2-6(10)8(11)4(5)3-7(12)13;1-13-7-5(10)3-2-4(9)6(7)8(11)12;8-3-1-4(7(11)12)6(9)5(10)2-3;5-3(6)1-4-2-10(7,8)9;/h1-11H,(H,19,20)(H,21,22);1-6H,(H,20,21);4-6,13H,3H2,1-2H3;1-2H,3H2,(H,12,13);2-3H,1H3,(H,11,12);1-2H,10H2,(H,11,12);4H,1-2H2,(H,5,6)(H2,7,8,9);/q;;;;;;;+1/p-1. The zero-order chi connectivity index (χ0) is 84.3.